The molecule has 13 heteroatoms. The quantitative estimate of drug-likeness (QED) is 0.233. The van der Waals surface area contributed by atoms with Crippen molar-refractivity contribution in [2.75, 3.05) is 10.6 Å². The Balaban J connectivity index is 1.51. The largest absolute Gasteiger partial charge is 0.335 e. The Bertz CT molecular complexity index is 1550. The molecule has 224 valence electrons. The summed E-state index contributed by atoms with van der Waals surface area (Å²) in [4.78, 5) is 29.2. The molecule has 4 atom stereocenters. The summed E-state index contributed by atoms with van der Waals surface area (Å²) in [7, 11) is -4.05. The van der Waals surface area contributed by atoms with Crippen LogP contribution in [0.1, 0.15) is 49.9 Å². The van der Waals surface area contributed by atoms with Gasteiger partial charge in [0.25, 0.3) is 5.91 Å². The molecule has 0 aliphatic heterocycles. The SMILES string of the molecule is CC[C@@H](CC1CC[C@@H](C)C1NC(=O)Nc1cccnc1)S(=O)(=O)c1cc(C(=O)Nc2cc(F)c(F)c(F)c2)ccc1Cl. The number of amides is 3. The van der Waals surface area contributed by atoms with E-state index < -0.39 is 44.5 Å². The third-order valence-electron chi connectivity index (χ3n) is 7.53. The summed E-state index contributed by atoms with van der Waals surface area (Å²) >= 11 is 6.30. The van der Waals surface area contributed by atoms with Gasteiger partial charge >= 0.3 is 6.03 Å². The van der Waals surface area contributed by atoms with E-state index in [0.29, 0.717) is 24.2 Å². The lowest BCUT2D eigenvalue weighted by Gasteiger charge is -2.27. The molecule has 1 aliphatic rings. The minimum absolute atomic E-state index is 0.0887. The topological polar surface area (TPSA) is 117 Å². The average Bonchev–Trinajstić information content (AvgIpc) is 3.28. The normalized spacial score (nSPS) is 19.2. The summed E-state index contributed by atoms with van der Waals surface area (Å²) in [5.41, 5.74) is 0.0576. The van der Waals surface area contributed by atoms with E-state index in [9.17, 15) is 31.2 Å². The first kappa shape index (κ1) is 31.3. The fourth-order valence-corrected chi connectivity index (χ4v) is 7.67. The van der Waals surface area contributed by atoms with Crippen LogP contribution in [0.25, 0.3) is 0 Å². The lowest BCUT2D eigenvalue weighted by Crippen LogP contribution is -2.44. The Morgan fingerprint density at radius 1 is 1.05 bits per heavy atom. The second kappa shape index (κ2) is 13.1. The molecule has 1 heterocycles. The van der Waals surface area contributed by atoms with Gasteiger partial charge in [0.05, 0.1) is 27.1 Å². The number of rotatable bonds is 9. The highest BCUT2D eigenvalue weighted by atomic mass is 35.5. The molecule has 2 aromatic carbocycles. The number of nitrogens with one attached hydrogen (secondary N) is 3. The second-order valence-electron chi connectivity index (χ2n) is 10.3. The Labute approximate surface area is 247 Å². The van der Waals surface area contributed by atoms with E-state index in [4.69, 9.17) is 11.6 Å². The Morgan fingerprint density at radius 2 is 1.76 bits per heavy atom. The van der Waals surface area contributed by atoms with Crippen LogP contribution >= 0.6 is 11.6 Å². The van der Waals surface area contributed by atoms with E-state index in [1.807, 2.05) is 6.92 Å². The van der Waals surface area contributed by atoms with Gasteiger partial charge in [-0.3, -0.25) is 9.78 Å². The van der Waals surface area contributed by atoms with Gasteiger partial charge in [0.1, 0.15) is 0 Å². The fraction of sp³-hybridized carbons (Fsp3) is 0.345. The van der Waals surface area contributed by atoms with Gasteiger partial charge in [-0.05, 0) is 67.9 Å². The third-order valence-corrected chi connectivity index (χ3v) is 10.3. The molecule has 2 unspecified atom stereocenters. The van der Waals surface area contributed by atoms with Crippen molar-refractivity contribution in [3.8, 4) is 0 Å². The molecule has 0 spiro atoms. The Kier molecular flexibility index (Phi) is 9.78. The van der Waals surface area contributed by atoms with Crippen LogP contribution in [-0.2, 0) is 9.84 Å². The number of halogens is 4. The van der Waals surface area contributed by atoms with Gasteiger partial charge in [-0.2, -0.15) is 0 Å². The molecule has 1 saturated carbocycles. The number of hydrogen-bond donors (Lipinski definition) is 3. The maximum absolute atomic E-state index is 13.8. The van der Waals surface area contributed by atoms with E-state index in [2.05, 4.69) is 20.9 Å². The number of urea groups is 1. The first-order valence-electron chi connectivity index (χ1n) is 13.4. The highest BCUT2D eigenvalue weighted by Gasteiger charge is 2.39. The minimum atomic E-state index is -4.05. The van der Waals surface area contributed by atoms with Gasteiger partial charge in [0, 0.05) is 35.6 Å². The monoisotopic (exact) mass is 622 g/mol. The summed E-state index contributed by atoms with van der Waals surface area (Å²) < 4.78 is 68.1. The number of hydrogen-bond acceptors (Lipinski definition) is 5. The fourth-order valence-electron chi connectivity index (χ4n) is 5.30. The molecule has 1 aromatic heterocycles. The van der Waals surface area contributed by atoms with E-state index in [1.54, 1.807) is 25.3 Å². The molecule has 3 N–H and O–H groups in total. The van der Waals surface area contributed by atoms with Crippen LogP contribution in [0.4, 0.5) is 29.3 Å². The average molecular weight is 623 g/mol. The Hall–Kier alpha value is -3.64. The number of nitrogens with zero attached hydrogens (tertiary/aromatic N) is 1. The first-order valence-corrected chi connectivity index (χ1v) is 15.3. The summed E-state index contributed by atoms with van der Waals surface area (Å²) in [5.74, 6) is -5.53. The van der Waals surface area contributed by atoms with Crippen LogP contribution in [0, 0.1) is 29.3 Å². The summed E-state index contributed by atoms with van der Waals surface area (Å²) in [6.07, 6.45) is 5.13. The predicted octanol–water partition coefficient (Wildman–Crippen LogP) is 6.58. The van der Waals surface area contributed by atoms with Crippen molar-refractivity contribution < 1.29 is 31.2 Å². The summed E-state index contributed by atoms with van der Waals surface area (Å²) in [6, 6.07) is 7.58. The number of anilines is 2. The lowest BCUT2D eigenvalue weighted by atomic mass is 9.93. The van der Waals surface area contributed by atoms with Gasteiger partial charge in [0.2, 0.25) is 0 Å². The van der Waals surface area contributed by atoms with Crippen LogP contribution < -0.4 is 16.0 Å². The van der Waals surface area contributed by atoms with Gasteiger partial charge in [-0.1, -0.05) is 25.4 Å². The van der Waals surface area contributed by atoms with Crippen LogP contribution in [0.2, 0.25) is 5.02 Å². The van der Waals surface area contributed by atoms with Crippen molar-refractivity contribution in [3.63, 3.8) is 0 Å². The molecule has 4 rings (SSSR count). The number of sulfone groups is 1. The first-order chi connectivity index (χ1) is 19.9. The maximum Gasteiger partial charge on any atom is 0.319 e. The van der Waals surface area contributed by atoms with Gasteiger partial charge in [0.15, 0.2) is 27.3 Å². The molecular formula is C29H30ClF3N4O4S. The van der Waals surface area contributed by atoms with E-state index in [1.165, 1.54) is 18.3 Å². The van der Waals surface area contributed by atoms with Gasteiger partial charge < -0.3 is 16.0 Å². The van der Waals surface area contributed by atoms with Crippen molar-refractivity contribution in [1.82, 2.24) is 10.3 Å². The molecule has 3 amide bonds. The number of carbonyl (C=O) groups excluding carboxylic acids is 2. The maximum atomic E-state index is 13.8. The van der Waals surface area contributed by atoms with Crippen LogP contribution in [0.3, 0.4) is 0 Å². The van der Waals surface area contributed by atoms with Crippen molar-refractivity contribution in [3.05, 3.63) is 82.9 Å². The molecule has 1 fully saturated rings. The molecule has 0 radical (unpaired) electrons. The Morgan fingerprint density at radius 3 is 2.40 bits per heavy atom. The lowest BCUT2D eigenvalue weighted by molar-refractivity contribution is 0.102. The number of aromatic nitrogens is 1. The molecule has 0 bridgehead atoms. The van der Waals surface area contributed by atoms with E-state index >= 15 is 0 Å². The third kappa shape index (κ3) is 7.04. The standard InChI is InChI=1S/C29H30ClF3N4O4S/c1-3-21(11-17-7-6-16(2)27(17)37-29(39)36-19-5-4-10-34-15-19)42(40,41)25-12-18(8-9-22(25)30)28(38)35-20-13-23(31)26(33)24(32)14-20/h4-5,8-10,12-17,21,27H,3,6-7,11H2,1-2H3,(H,35,38)(H2,36,37,39)/t16-,17?,21+,27?/m1/s1. The number of pyridine rings is 1. The van der Waals surface area contributed by atoms with E-state index in [0.717, 1.165) is 12.5 Å². The second-order valence-corrected chi connectivity index (χ2v) is 12.9. The van der Waals surface area contributed by atoms with Crippen LogP contribution in [-0.4, -0.2) is 36.6 Å². The molecule has 0 saturated heterocycles. The zero-order chi connectivity index (χ0) is 30.6. The number of benzene rings is 2. The molecule has 3 aromatic rings. The van der Waals surface area contributed by atoms with Crippen molar-refractivity contribution >= 4 is 44.8 Å². The van der Waals surface area contributed by atoms with Crippen molar-refractivity contribution in [2.45, 2.75) is 55.7 Å². The molecule has 1 aliphatic carbocycles. The zero-order valence-electron chi connectivity index (χ0n) is 22.8. The summed E-state index contributed by atoms with van der Waals surface area (Å²) in [5, 5.41) is 7.01. The summed E-state index contributed by atoms with van der Waals surface area (Å²) in [6.45, 7) is 3.74. The van der Waals surface area contributed by atoms with Crippen LogP contribution in [0.15, 0.2) is 59.8 Å². The minimum Gasteiger partial charge on any atom is -0.335 e. The van der Waals surface area contributed by atoms with Gasteiger partial charge in [-0.25, -0.2) is 26.4 Å². The van der Waals surface area contributed by atoms with Crippen molar-refractivity contribution in [1.29, 1.82) is 0 Å². The zero-order valence-corrected chi connectivity index (χ0v) is 24.4. The predicted molar refractivity (Wildman–Crippen MR) is 154 cm³/mol. The number of carbonyl (C=O) groups is 2. The van der Waals surface area contributed by atoms with Gasteiger partial charge in [-0.15, -0.1) is 0 Å². The highest BCUT2D eigenvalue weighted by Crippen LogP contribution is 2.38. The van der Waals surface area contributed by atoms with E-state index in [-0.39, 0.29) is 51.9 Å². The molecule has 42 heavy (non-hydrogen) atoms. The highest BCUT2D eigenvalue weighted by molar-refractivity contribution is 7.92. The van der Waals surface area contributed by atoms with Crippen LogP contribution in [0.5, 0.6) is 0 Å². The smallest absolute Gasteiger partial charge is 0.319 e. The van der Waals surface area contributed by atoms with Crippen molar-refractivity contribution in [2.24, 2.45) is 11.8 Å². The molecule has 8 nitrogen and oxygen atoms in total. The molecular weight excluding hydrogens is 593 g/mol.